The third-order valence-corrected chi connectivity index (χ3v) is 8.96. The Kier molecular flexibility index (Phi) is 4.31. The number of aromatic amines is 1. The first-order chi connectivity index (χ1) is 16.6. The van der Waals surface area contributed by atoms with E-state index in [4.69, 9.17) is 32.3 Å². The molecule has 9 nitrogen and oxygen atoms in total. The lowest BCUT2D eigenvalue weighted by Gasteiger charge is -2.26. The van der Waals surface area contributed by atoms with Crippen molar-refractivity contribution in [2.75, 3.05) is 24.5 Å². The lowest BCUT2D eigenvalue weighted by molar-refractivity contribution is 0.545. The van der Waals surface area contributed by atoms with E-state index < -0.39 is 0 Å². The van der Waals surface area contributed by atoms with Gasteiger partial charge < -0.3 is 10.6 Å². The Bertz CT molecular complexity index is 1550. The van der Waals surface area contributed by atoms with Crippen LogP contribution < -0.4 is 10.6 Å². The second-order valence-corrected chi connectivity index (χ2v) is 10.5. The minimum absolute atomic E-state index is 0.00935. The average molecular weight is 492 g/mol. The maximum Gasteiger partial charge on any atom is 0.177 e. The number of nitrogens with two attached hydrogens (primary N) is 1. The summed E-state index contributed by atoms with van der Waals surface area (Å²) >= 11 is 8.28. The number of aromatic nitrogens is 7. The fraction of sp³-hybridized carbons (Fsp3) is 0.348. The van der Waals surface area contributed by atoms with Gasteiger partial charge in [0, 0.05) is 54.1 Å². The van der Waals surface area contributed by atoms with E-state index in [0.29, 0.717) is 40.3 Å². The molecule has 172 valence electrons. The van der Waals surface area contributed by atoms with Crippen molar-refractivity contribution in [3.8, 4) is 11.3 Å². The number of nitrogens with zero attached hydrogens (tertiary/aromatic N) is 7. The summed E-state index contributed by atoms with van der Waals surface area (Å²) in [7, 11) is 0. The van der Waals surface area contributed by atoms with Gasteiger partial charge in [0.15, 0.2) is 5.65 Å². The number of H-pyrrole nitrogens is 1. The third-order valence-electron chi connectivity index (χ3n) is 7.50. The molecule has 1 aliphatic heterocycles. The minimum Gasteiger partial charge on any atom is -0.355 e. The number of piperidine rings is 1. The maximum atomic E-state index is 6.53. The Morgan fingerprint density at radius 3 is 3.06 bits per heavy atom. The van der Waals surface area contributed by atoms with Gasteiger partial charge in [0.05, 0.1) is 16.7 Å². The molecule has 0 unspecified atom stereocenters. The van der Waals surface area contributed by atoms with E-state index in [1.165, 1.54) is 5.01 Å². The van der Waals surface area contributed by atoms with Gasteiger partial charge in [-0.2, -0.15) is 10.2 Å². The Hall–Kier alpha value is -3.08. The SMILES string of the molecule is Cc1csc([C@@]2(CN)[C@@H]3CCN(c4cnc5c(-c6cc7ccnn7cc6Cl)n[nH]c5n4)C[C@@H]32)n1. The van der Waals surface area contributed by atoms with Crippen molar-refractivity contribution in [3.05, 3.63) is 51.8 Å². The topological polar surface area (TPSA) is 114 Å². The van der Waals surface area contributed by atoms with Crippen molar-refractivity contribution >= 4 is 45.4 Å². The van der Waals surface area contributed by atoms with Crippen LogP contribution in [0.2, 0.25) is 5.02 Å². The fourth-order valence-electron chi connectivity index (χ4n) is 5.72. The highest BCUT2D eigenvalue weighted by molar-refractivity contribution is 7.09. The first kappa shape index (κ1) is 20.3. The molecule has 3 N–H and O–H groups in total. The molecule has 7 rings (SSSR count). The zero-order valence-electron chi connectivity index (χ0n) is 18.4. The maximum absolute atomic E-state index is 6.53. The summed E-state index contributed by atoms with van der Waals surface area (Å²) in [6.07, 6.45) is 6.44. The second kappa shape index (κ2) is 7.21. The van der Waals surface area contributed by atoms with Gasteiger partial charge in [0.25, 0.3) is 0 Å². The number of pyridine rings is 1. The van der Waals surface area contributed by atoms with Crippen LogP contribution in [0.4, 0.5) is 5.82 Å². The number of thiazole rings is 1. The molecule has 5 aromatic rings. The smallest absolute Gasteiger partial charge is 0.177 e. The Morgan fingerprint density at radius 2 is 2.24 bits per heavy atom. The number of nitrogens with one attached hydrogen (secondary N) is 1. The number of anilines is 1. The lowest BCUT2D eigenvalue weighted by Crippen LogP contribution is -2.32. The van der Waals surface area contributed by atoms with Crippen LogP contribution in [0.1, 0.15) is 17.1 Å². The number of hydrogen-bond acceptors (Lipinski definition) is 8. The van der Waals surface area contributed by atoms with E-state index in [9.17, 15) is 0 Å². The standard InChI is InChI=1S/C23H22ClN9S/c1-12-10-34-22(28-12)23(11-25)15-3-5-32(8-16(15)23)18-7-26-20-19(30-31-21(20)29-18)14-6-13-2-4-27-33(13)9-17(14)24/h2,4,6-7,9-10,15-16H,3,5,8,11,25H2,1H3,(H,29,30,31)/t15-,16+,23+/m1/s1. The number of rotatable bonds is 4. The van der Waals surface area contributed by atoms with Crippen molar-refractivity contribution in [1.29, 1.82) is 0 Å². The molecule has 0 aromatic carbocycles. The van der Waals surface area contributed by atoms with E-state index >= 15 is 0 Å². The van der Waals surface area contributed by atoms with E-state index in [0.717, 1.165) is 42.1 Å². The molecular formula is C23H22ClN9S. The van der Waals surface area contributed by atoms with E-state index in [1.807, 2.05) is 25.3 Å². The van der Waals surface area contributed by atoms with Gasteiger partial charge in [-0.1, -0.05) is 11.6 Å². The summed E-state index contributed by atoms with van der Waals surface area (Å²) in [4.78, 5) is 16.7. The van der Waals surface area contributed by atoms with Crippen LogP contribution in [0.5, 0.6) is 0 Å². The van der Waals surface area contributed by atoms with Gasteiger partial charge in [0.2, 0.25) is 0 Å². The number of halogens is 1. The summed E-state index contributed by atoms with van der Waals surface area (Å²) < 4.78 is 1.74. The zero-order chi connectivity index (χ0) is 23.0. The Morgan fingerprint density at radius 1 is 1.32 bits per heavy atom. The van der Waals surface area contributed by atoms with E-state index in [-0.39, 0.29) is 5.41 Å². The summed E-state index contributed by atoms with van der Waals surface area (Å²) in [6.45, 7) is 4.52. The van der Waals surface area contributed by atoms with Crippen LogP contribution in [0.25, 0.3) is 27.9 Å². The molecule has 6 heterocycles. The molecule has 1 aliphatic carbocycles. The third kappa shape index (κ3) is 2.79. The van der Waals surface area contributed by atoms with Gasteiger partial charge >= 0.3 is 0 Å². The van der Waals surface area contributed by atoms with Gasteiger partial charge in [-0.25, -0.2) is 19.5 Å². The molecule has 3 atom stereocenters. The summed E-state index contributed by atoms with van der Waals surface area (Å²) in [5, 5.41) is 15.7. The van der Waals surface area contributed by atoms with Crippen molar-refractivity contribution in [3.63, 3.8) is 0 Å². The molecule has 0 spiro atoms. The highest BCUT2D eigenvalue weighted by atomic mass is 35.5. The molecular weight excluding hydrogens is 470 g/mol. The Labute approximate surface area is 204 Å². The summed E-state index contributed by atoms with van der Waals surface area (Å²) in [5.74, 6) is 1.94. The quantitative estimate of drug-likeness (QED) is 0.395. The van der Waals surface area contributed by atoms with Crippen molar-refractivity contribution in [2.45, 2.75) is 18.8 Å². The molecule has 2 fully saturated rings. The number of fused-ring (bicyclic) bond motifs is 3. The average Bonchev–Trinajstić information content (AvgIpc) is 3.29. The number of aryl methyl sites for hydroxylation is 1. The van der Waals surface area contributed by atoms with Crippen LogP contribution in [0.3, 0.4) is 0 Å². The first-order valence-electron chi connectivity index (χ1n) is 11.3. The molecule has 11 heteroatoms. The van der Waals surface area contributed by atoms with Crippen molar-refractivity contribution in [2.24, 2.45) is 17.6 Å². The molecule has 1 saturated heterocycles. The van der Waals surface area contributed by atoms with Crippen molar-refractivity contribution in [1.82, 2.24) is 34.8 Å². The van der Waals surface area contributed by atoms with Gasteiger partial charge in [-0.05, 0) is 37.3 Å². The molecule has 1 saturated carbocycles. The van der Waals surface area contributed by atoms with Crippen LogP contribution in [0, 0.1) is 18.8 Å². The van der Waals surface area contributed by atoms with Gasteiger partial charge in [-0.3, -0.25) is 5.10 Å². The van der Waals surface area contributed by atoms with Gasteiger partial charge in [0.1, 0.15) is 22.0 Å². The highest BCUT2D eigenvalue weighted by Crippen LogP contribution is 2.63. The second-order valence-electron chi connectivity index (χ2n) is 9.22. The van der Waals surface area contributed by atoms with Crippen molar-refractivity contribution < 1.29 is 0 Å². The van der Waals surface area contributed by atoms with Gasteiger partial charge in [-0.15, -0.1) is 11.3 Å². The van der Waals surface area contributed by atoms with Crippen LogP contribution in [-0.2, 0) is 5.41 Å². The minimum atomic E-state index is 0.00935. The number of hydrogen-bond donors (Lipinski definition) is 2. The monoisotopic (exact) mass is 491 g/mol. The summed E-state index contributed by atoms with van der Waals surface area (Å²) in [6, 6.07) is 3.89. The molecule has 0 amide bonds. The molecule has 0 radical (unpaired) electrons. The predicted molar refractivity (Wildman–Crippen MR) is 132 cm³/mol. The summed E-state index contributed by atoms with van der Waals surface area (Å²) in [5.41, 5.74) is 11.2. The highest BCUT2D eigenvalue weighted by Gasteiger charge is 2.67. The predicted octanol–water partition coefficient (Wildman–Crippen LogP) is 3.44. The van der Waals surface area contributed by atoms with Crippen LogP contribution >= 0.6 is 22.9 Å². The molecule has 5 aromatic heterocycles. The van der Waals surface area contributed by atoms with E-state index in [1.54, 1.807) is 28.2 Å². The first-order valence-corrected chi connectivity index (χ1v) is 12.6. The fourth-order valence-corrected chi connectivity index (χ4v) is 7.09. The zero-order valence-corrected chi connectivity index (χ0v) is 20.0. The largest absolute Gasteiger partial charge is 0.355 e. The van der Waals surface area contributed by atoms with Crippen LogP contribution in [-0.4, -0.2) is 54.4 Å². The van der Waals surface area contributed by atoms with Crippen LogP contribution in [0.15, 0.2) is 36.1 Å². The Balaban J connectivity index is 1.19. The van der Waals surface area contributed by atoms with E-state index in [2.05, 4.69) is 25.6 Å². The normalized spacial score (nSPS) is 24.1. The lowest BCUT2D eigenvalue weighted by atomic mass is 10.0. The molecule has 0 bridgehead atoms. The molecule has 34 heavy (non-hydrogen) atoms. The molecule has 2 aliphatic rings.